The number of hydrogen-bond donors (Lipinski definition) is 1. The van der Waals surface area contributed by atoms with Gasteiger partial charge in [-0.1, -0.05) is 30.3 Å². The van der Waals surface area contributed by atoms with Crippen LogP contribution in [0.1, 0.15) is 24.4 Å². The van der Waals surface area contributed by atoms with E-state index in [1.807, 2.05) is 0 Å². The number of hydrogen-bond acceptors (Lipinski definition) is 2. The van der Waals surface area contributed by atoms with Crippen LogP contribution in [-0.2, 0) is 0 Å². The van der Waals surface area contributed by atoms with E-state index in [1.54, 1.807) is 0 Å². The Morgan fingerprint density at radius 2 is 2.14 bits per heavy atom. The smallest absolute Gasteiger partial charge is 0.0438 e. The molecule has 76 valence electrons. The highest BCUT2D eigenvalue weighted by atomic mass is 32.2. The lowest BCUT2D eigenvalue weighted by Gasteiger charge is -2.22. The Balaban J connectivity index is 2.12. The van der Waals surface area contributed by atoms with Crippen LogP contribution in [0.15, 0.2) is 30.3 Å². The molecule has 1 nitrogen and oxygen atoms in total. The van der Waals surface area contributed by atoms with E-state index in [-0.39, 0.29) is 0 Å². The molecule has 1 aliphatic rings. The van der Waals surface area contributed by atoms with Gasteiger partial charge in [0.25, 0.3) is 0 Å². The van der Waals surface area contributed by atoms with Crippen LogP contribution in [0, 0.1) is 0 Å². The molecule has 1 heterocycles. The van der Waals surface area contributed by atoms with Gasteiger partial charge in [-0.2, -0.15) is 11.8 Å². The highest BCUT2D eigenvalue weighted by molar-refractivity contribution is 8.00. The Hall–Kier alpha value is -0.470. The van der Waals surface area contributed by atoms with E-state index in [9.17, 15) is 0 Å². The van der Waals surface area contributed by atoms with Crippen LogP contribution in [-0.4, -0.2) is 18.1 Å². The van der Waals surface area contributed by atoms with Gasteiger partial charge in [0.1, 0.15) is 0 Å². The minimum absolute atomic E-state index is 0.531. The molecule has 2 unspecified atom stereocenters. The third kappa shape index (κ3) is 2.12. The molecule has 1 aromatic carbocycles. The maximum Gasteiger partial charge on any atom is 0.0438 e. The monoisotopic (exact) mass is 207 g/mol. The van der Waals surface area contributed by atoms with Gasteiger partial charge in [0.2, 0.25) is 0 Å². The van der Waals surface area contributed by atoms with E-state index in [2.05, 4.69) is 54.5 Å². The molecule has 0 radical (unpaired) electrons. The quantitative estimate of drug-likeness (QED) is 0.818. The van der Waals surface area contributed by atoms with Crippen LogP contribution in [0.5, 0.6) is 0 Å². The number of thioether (sulfide) groups is 1. The Morgan fingerprint density at radius 3 is 2.71 bits per heavy atom. The maximum atomic E-state index is 3.44. The third-order valence-corrected chi connectivity index (χ3v) is 4.27. The Labute approximate surface area is 90.3 Å². The second kappa shape index (κ2) is 4.85. The first kappa shape index (κ1) is 10.1. The normalized spacial score (nSPS) is 23.6. The predicted molar refractivity (Wildman–Crippen MR) is 63.7 cm³/mol. The van der Waals surface area contributed by atoms with Crippen LogP contribution in [0.4, 0.5) is 0 Å². The molecule has 0 bridgehead atoms. The van der Waals surface area contributed by atoms with Crippen LogP contribution in [0.25, 0.3) is 0 Å². The van der Waals surface area contributed by atoms with Gasteiger partial charge in [-0.05, 0) is 31.2 Å². The van der Waals surface area contributed by atoms with Gasteiger partial charge >= 0.3 is 0 Å². The zero-order chi connectivity index (χ0) is 9.80. The lowest BCUT2D eigenvalue weighted by Crippen LogP contribution is -2.25. The van der Waals surface area contributed by atoms with Crippen LogP contribution in [0.3, 0.4) is 0 Å². The molecule has 2 atom stereocenters. The molecule has 1 aromatic rings. The molecule has 1 saturated heterocycles. The van der Waals surface area contributed by atoms with Gasteiger partial charge in [-0.3, -0.25) is 0 Å². The standard InChI is InChI=1S/C12H17NS/c1-13-12(11-8-5-9-14-11)10-6-3-2-4-7-10/h2-4,6-7,11-13H,5,8-9H2,1H3. The number of benzene rings is 1. The fourth-order valence-corrected chi connectivity index (χ4v) is 3.55. The topological polar surface area (TPSA) is 12.0 Å². The van der Waals surface area contributed by atoms with E-state index >= 15 is 0 Å². The third-order valence-electron chi connectivity index (χ3n) is 2.81. The molecule has 0 aromatic heterocycles. The van der Waals surface area contributed by atoms with E-state index in [1.165, 1.54) is 24.2 Å². The molecule has 1 fully saturated rings. The molecule has 2 heteroatoms. The average Bonchev–Trinajstić information content (AvgIpc) is 2.74. The largest absolute Gasteiger partial charge is 0.312 e. The first-order chi connectivity index (χ1) is 6.92. The summed E-state index contributed by atoms with van der Waals surface area (Å²) in [5, 5.41) is 4.21. The van der Waals surface area contributed by atoms with Crippen molar-refractivity contribution >= 4 is 11.8 Å². The van der Waals surface area contributed by atoms with Crippen molar-refractivity contribution in [2.45, 2.75) is 24.1 Å². The van der Waals surface area contributed by atoms with Crippen molar-refractivity contribution in [1.29, 1.82) is 0 Å². The minimum atomic E-state index is 0.531. The zero-order valence-electron chi connectivity index (χ0n) is 8.57. The molecule has 0 spiro atoms. The van der Waals surface area contributed by atoms with Crippen molar-refractivity contribution in [1.82, 2.24) is 5.32 Å². The molecule has 0 amide bonds. The zero-order valence-corrected chi connectivity index (χ0v) is 9.39. The molecular formula is C12H17NS. The summed E-state index contributed by atoms with van der Waals surface area (Å²) in [5.74, 6) is 1.33. The molecular weight excluding hydrogens is 190 g/mol. The second-order valence-electron chi connectivity index (χ2n) is 3.73. The fourth-order valence-electron chi connectivity index (χ4n) is 2.09. The summed E-state index contributed by atoms with van der Waals surface area (Å²) in [5.41, 5.74) is 1.43. The van der Waals surface area contributed by atoms with Crippen molar-refractivity contribution in [3.63, 3.8) is 0 Å². The van der Waals surface area contributed by atoms with Crippen molar-refractivity contribution < 1.29 is 0 Å². The summed E-state index contributed by atoms with van der Waals surface area (Å²) in [6.45, 7) is 0. The number of rotatable bonds is 3. The summed E-state index contributed by atoms with van der Waals surface area (Å²) in [4.78, 5) is 0. The fraction of sp³-hybridized carbons (Fsp3) is 0.500. The van der Waals surface area contributed by atoms with Gasteiger partial charge in [0.05, 0.1) is 0 Å². The van der Waals surface area contributed by atoms with Crippen molar-refractivity contribution in [3.05, 3.63) is 35.9 Å². The SMILES string of the molecule is CNC(c1ccccc1)C1CCCS1. The van der Waals surface area contributed by atoms with E-state index in [0.29, 0.717) is 6.04 Å². The Kier molecular flexibility index (Phi) is 3.49. The number of nitrogens with one attached hydrogen (secondary N) is 1. The van der Waals surface area contributed by atoms with Crippen molar-refractivity contribution in [2.75, 3.05) is 12.8 Å². The first-order valence-corrected chi connectivity index (χ1v) is 6.30. The van der Waals surface area contributed by atoms with Crippen LogP contribution >= 0.6 is 11.8 Å². The molecule has 14 heavy (non-hydrogen) atoms. The molecule has 2 rings (SSSR count). The van der Waals surface area contributed by atoms with Crippen molar-refractivity contribution in [2.24, 2.45) is 0 Å². The first-order valence-electron chi connectivity index (χ1n) is 5.25. The van der Waals surface area contributed by atoms with Gasteiger partial charge < -0.3 is 5.32 Å². The summed E-state index contributed by atoms with van der Waals surface area (Å²) >= 11 is 2.11. The molecule has 0 saturated carbocycles. The Morgan fingerprint density at radius 1 is 1.36 bits per heavy atom. The molecule has 1 N–H and O–H groups in total. The van der Waals surface area contributed by atoms with E-state index in [4.69, 9.17) is 0 Å². The summed E-state index contributed by atoms with van der Waals surface area (Å²) < 4.78 is 0. The average molecular weight is 207 g/mol. The highest BCUT2D eigenvalue weighted by Crippen LogP contribution is 2.35. The Bertz CT molecular complexity index is 267. The highest BCUT2D eigenvalue weighted by Gasteiger charge is 2.25. The lowest BCUT2D eigenvalue weighted by atomic mass is 10.0. The summed E-state index contributed by atoms with van der Waals surface area (Å²) in [7, 11) is 2.07. The summed E-state index contributed by atoms with van der Waals surface area (Å²) in [6, 6.07) is 11.3. The minimum Gasteiger partial charge on any atom is -0.312 e. The second-order valence-corrected chi connectivity index (χ2v) is 5.08. The van der Waals surface area contributed by atoms with Crippen LogP contribution in [0.2, 0.25) is 0 Å². The van der Waals surface area contributed by atoms with Gasteiger partial charge in [0, 0.05) is 11.3 Å². The van der Waals surface area contributed by atoms with Gasteiger partial charge in [0.15, 0.2) is 0 Å². The van der Waals surface area contributed by atoms with E-state index in [0.717, 1.165) is 5.25 Å². The van der Waals surface area contributed by atoms with Gasteiger partial charge in [-0.15, -0.1) is 0 Å². The van der Waals surface area contributed by atoms with Gasteiger partial charge in [-0.25, -0.2) is 0 Å². The molecule has 1 aliphatic heterocycles. The summed E-state index contributed by atoms with van der Waals surface area (Å²) in [6.07, 6.45) is 2.73. The van der Waals surface area contributed by atoms with E-state index < -0.39 is 0 Å². The maximum absolute atomic E-state index is 3.44. The van der Waals surface area contributed by atoms with Crippen LogP contribution < -0.4 is 5.32 Å². The lowest BCUT2D eigenvalue weighted by molar-refractivity contribution is 0.552. The van der Waals surface area contributed by atoms with Crippen molar-refractivity contribution in [3.8, 4) is 0 Å². The predicted octanol–water partition coefficient (Wildman–Crippen LogP) is 2.84. The molecule has 0 aliphatic carbocycles.